The van der Waals surface area contributed by atoms with E-state index in [0.717, 1.165) is 50.3 Å². The number of hydrogen-bond donors (Lipinski definition) is 1. The molecule has 2 fully saturated rings. The van der Waals surface area contributed by atoms with Crippen LogP contribution in [0.15, 0.2) is 30.3 Å². The maximum atomic E-state index is 10.4. The number of aliphatic hydroxyl groups is 1. The summed E-state index contributed by atoms with van der Waals surface area (Å²) in [5.41, 5.74) is 1.28. The third kappa shape index (κ3) is 3.61. The van der Waals surface area contributed by atoms with Crippen LogP contribution in [-0.4, -0.2) is 54.9 Å². The van der Waals surface area contributed by atoms with Crippen LogP contribution in [0.1, 0.15) is 61.8 Å². The van der Waals surface area contributed by atoms with Gasteiger partial charge in [-0.15, -0.1) is 10.2 Å². The summed E-state index contributed by atoms with van der Waals surface area (Å²) in [7, 11) is 0. The molecule has 2 aliphatic heterocycles. The monoisotopic (exact) mass is 381 g/mol. The molecule has 1 N–H and O–H groups in total. The number of benzene rings is 1. The number of aromatic nitrogens is 3. The van der Waals surface area contributed by atoms with E-state index >= 15 is 0 Å². The molecule has 2 atom stereocenters. The zero-order valence-electron chi connectivity index (χ0n) is 16.6. The van der Waals surface area contributed by atoms with Crippen molar-refractivity contribution >= 4 is 0 Å². The van der Waals surface area contributed by atoms with E-state index in [0.29, 0.717) is 6.54 Å². The van der Waals surface area contributed by atoms with Gasteiger partial charge in [0.2, 0.25) is 0 Å². The highest BCUT2D eigenvalue weighted by atomic mass is 16.3. The Balaban J connectivity index is 1.33. The minimum atomic E-state index is -0.288. The van der Waals surface area contributed by atoms with Crippen molar-refractivity contribution in [2.75, 3.05) is 13.1 Å². The number of fused-ring (bicyclic) bond motifs is 1. The van der Waals surface area contributed by atoms with Crippen molar-refractivity contribution in [2.24, 2.45) is 0 Å². The lowest BCUT2D eigenvalue weighted by molar-refractivity contribution is 0.118. The first-order valence-electron chi connectivity index (χ1n) is 10.9. The van der Waals surface area contributed by atoms with E-state index in [4.69, 9.17) is 0 Å². The van der Waals surface area contributed by atoms with Gasteiger partial charge in [0, 0.05) is 32.2 Å². The van der Waals surface area contributed by atoms with Gasteiger partial charge in [-0.05, 0) is 24.8 Å². The Morgan fingerprint density at radius 2 is 1.82 bits per heavy atom. The van der Waals surface area contributed by atoms with Crippen molar-refractivity contribution in [3.63, 3.8) is 0 Å². The molecule has 0 bridgehead atoms. The highest BCUT2D eigenvalue weighted by Gasteiger charge is 2.37. The Hall–Kier alpha value is -1.76. The standard InChI is InChI=1S/C22H31N5O/c28-19-13-20(26(15-19)14-17-7-3-1-4-8-17)22-24-23-21-16-25(11-12-27(21)22)18-9-5-2-6-10-18/h1,3-4,7-8,18-20,28H,2,5-6,9-16H2/t19-,20+/m1/s1. The topological polar surface area (TPSA) is 57.4 Å². The second-order valence-corrected chi connectivity index (χ2v) is 8.71. The number of β-amino-alcohol motifs (C(OH)–C–C–N with tert-alkyl or cyclic N) is 1. The molecular weight excluding hydrogens is 350 g/mol. The Bertz CT molecular complexity index is 785. The van der Waals surface area contributed by atoms with E-state index in [-0.39, 0.29) is 12.1 Å². The van der Waals surface area contributed by atoms with Gasteiger partial charge >= 0.3 is 0 Å². The summed E-state index contributed by atoms with van der Waals surface area (Å²) in [5.74, 6) is 2.15. The van der Waals surface area contributed by atoms with Crippen molar-refractivity contribution in [2.45, 2.75) is 76.3 Å². The van der Waals surface area contributed by atoms with Gasteiger partial charge in [-0.1, -0.05) is 49.6 Å². The van der Waals surface area contributed by atoms with Crippen LogP contribution in [0, 0.1) is 0 Å². The van der Waals surface area contributed by atoms with Crippen LogP contribution in [-0.2, 0) is 19.6 Å². The van der Waals surface area contributed by atoms with Crippen molar-refractivity contribution in [1.29, 1.82) is 0 Å². The maximum absolute atomic E-state index is 10.4. The van der Waals surface area contributed by atoms with Crippen molar-refractivity contribution < 1.29 is 5.11 Å². The SMILES string of the molecule is O[C@@H]1C[C@@H](c2nnc3n2CCN(C2CCCCC2)C3)N(Cc2ccccc2)C1. The number of aliphatic hydroxyl groups excluding tert-OH is 1. The lowest BCUT2D eigenvalue weighted by Crippen LogP contribution is -2.42. The van der Waals surface area contributed by atoms with E-state index in [1.54, 1.807) is 0 Å². The zero-order valence-corrected chi connectivity index (χ0v) is 16.6. The summed E-state index contributed by atoms with van der Waals surface area (Å²) in [6, 6.07) is 11.4. The van der Waals surface area contributed by atoms with Crippen molar-refractivity contribution in [3.8, 4) is 0 Å². The van der Waals surface area contributed by atoms with Crippen molar-refractivity contribution in [1.82, 2.24) is 24.6 Å². The van der Waals surface area contributed by atoms with Crippen LogP contribution in [0.4, 0.5) is 0 Å². The molecule has 0 radical (unpaired) electrons. The summed E-state index contributed by atoms with van der Waals surface area (Å²) in [5, 5.41) is 19.6. The predicted octanol–water partition coefficient (Wildman–Crippen LogP) is 2.73. The molecule has 150 valence electrons. The molecule has 0 unspecified atom stereocenters. The number of likely N-dealkylation sites (tertiary alicyclic amines) is 1. The van der Waals surface area contributed by atoms with Gasteiger partial charge in [0.05, 0.1) is 18.7 Å². The molecule has 6 heteroatoms. The summed E-state index contributed by atoms with van der Waals surface area (Å²) >= 11 is 0. The summed E-state index contributed by atoms with van der Waals surface area (Å²) in [6.45, 7) is 4.54. The Morgan fingerprint density at radius 3 is 2.64 bits per heavy atom. The lowest BCUT2D eigenvalue weighted by Gasteiger charge is -2.37. The average Bonchev–Trinajstić information content (AvgIpc) is 3.31. The summed E-state index contributed by atoms with van der Waals surface area (Å²) in [4.78, 5) is 4.99. The third-order valence-corrected chi connectivity index (χ3v) is 6.81. The van der Waals surface area contributed by atoms with E-state index in [9.17, 15) is 5.11 Å². The first-order chi connectivity index (χ1) is 13.8. The average molecular weight is 382 g/mol. The van der Waals surface area contributed by atoms with E-state index in [1.165, 1.54) is 37.7 Å². The molecule has 2 aromatic rings. The molecule has 1 saturated carbocycles. The van der Waals surface area contributed by atoms with Gasteiger partial charge in [0.1, 0.15) is 5.82 Å². The largest absolute Gasteiger partial charge is 0.392 e. The maximum Gasteiger partial charge on any atom is 0.150 e. The highest BCUT2D eigenvalue weighted by molar-refractivity contribution is 5.16. The van der Waals surface area contributed by atoms with Gasteiger partial charge in [-0.25, -0.2) is 0 Å². The van der Waals surface area contributed by atoms with Gasteiger partial charge in [-0.3, -0.25) is 9.80 Å². The number of nitrogens with zero attached hydrogens (tertiary/aromatic N) is 5. The van der Waals surface area contributed by atoms with Crippen LogP contribution in [0.25, 0.3) is 0 Å². The molecule has 1 aromatic heterocycles. The number of hydrogen-bond acceptors (Lipinski definition) is 5. The fraction of sp³-hybridized carbons (Fsp3) is 0.636. The van der Waals surface area contributed by atoms with Gasteiger partial charge in [-0.2, -0.15) is 0 Å². The van der Waals surface area contributed by atoms with Crippen LogP contribution in [0.5, 0.6) is 0 Å². The molecule has 0 spiro atoms. The van der Waals surface area contributed by atoms with Crippen LogP contribution in [0.2, 0.25) is 0 Å². The van der Waals surface area contributed by atoms with Gasteiger partial charge in [0.25, 0.3) is 0 Å². The molecule has 3 heterocycles. The fourth-order valence-corrected chi connectivity index (χ4v) is 5.34. The lowest BCUT2D eigenvalue weighted by atomic mass is 9.94. The van der Waals surface area contributed by atoms with Crippen LogP contribution in [0.3, 0.4) is 0 Å². The van der Waals surface area contributed by atoms with Crippen molar-refractivity contribution in [3.05, 3.63) is 47.5 Å². The fourth-order valence-electron chi connectivity index (χ4n) is 5.34. The number of rotatable bonds is 4. The van der Waals surface area contributed by atoms with E-state index < -0.39 is 0 Å². The normalized spacial score (nSPS) is 27.2. The summed E-state index contributed by atoms with van der Waals surface area (Å²) in [6.07, 6.45) is 7.26. The highest BCUT2D eigenvalue weighted by Crippen LogP contribution is 2.34. The second kappa shape index (κ2) is 7.93. The molecule has 5 rings (SSSR count). The molecule has 1 aliphatic carbocycles. The first-order valence-corrected chi connectivity index (χ1v) is 10.9. The van der Waals surface area contributed by atoms with E-state index in [1.807, 2.05) is 6.07 Å². The minimum absolute atomic E-state index is 0.151. The van der Waals surface area contributed by atoms with E-state index in [2.05, 4.69) is 48.8 Å². The zero-order chi connectivity index (χ0) is 18.9. The Morgan fingerprint density at radius 1 is 1.00 bits per heavy atom. The first kappa shape index (κ1) is 18.3. The molecule has 28 heavy (non-hydrogen) atoms. The summed E-state index contributed by atoms with van der Waals surface area (Å²) < 4.78 is 2.33. The third-order valence-electron chi connectivity index (χ3n) is 6.81. The quantitative estimate of drug-likeness (QED) is 0.883. The molecule has 0 amide bonds. The van der Waals surface area contributed by atoms with Crippen LogP contribution < -0.4 is 0 Å². The van der Waals surface area contributed by atoms with Gasteiger partial charge < -0.3 is 9.67 Å². The van der Waals surface area contributed by atoms with Gasteiger partial charge in [0.15, 0.2) is 5.82 Å². The molecule has 3 aliphatic rings. The molecule has 1 aromatic carbocycles. The molecular formula is C22H31N5O. The van der Waals surface area contributed by atoms with Crippen LogP contribution >= 0.6 is 0 Å². The minimum Gasteiger partial charge on any atom is -0.392 e. The Labute approximate surface area is 167 Å². The second-order valence-electron chi connectivity index (χ2n) is 8.71. The predicted molar refractivity (Wildman–Crippen MR) is 108 cm³/mol. The smallest absolute Gasteiger partial charge is 0.150 e. The Kier molecular flexibility index (Phi) is 5.18. The molecule has 1 saturated heterocycles. The molecule has 6 nitrogen and oxygen atoms in total.